The number of benzene rings is 1. The Kier molecular flexibility index (Phi) is 21.1. The van der Waals surface area contributed by atoms with Crippen molar-refractivity contribution in [2.24, 2.45) is 0 Å². The summed E-state index contributed by atoms with van der Waals surface area (Å²) in [5, 5.41) is 0. The quantitative estimate of drug-likeness (QED) is 0.117. The molecule has 1 aromatic carbocycles. The minimum atomic E-state index is -3.58. The van der Waals surface area contributed by atoms with Gasteiger partial charge in [-0.1, -0.05) is 128 Å². The minimum absolute atomic E-state index is 0. The Labute approximate surface area is 209 Å². The van der Waals surface area contributed by atoms with E-state index in [0.717, 1.165) is 12.8 Å². The number of hydrogen-bond donors (Lipinski definition) is 0. The van der Waals surface area contributed by atoms with Crippen LogP contribution in [0.1, 0.15) is 116 Å². The summed E-state index contributed by atoms with van der Waals surface area (Å²) in [6, 6.07) is 8.38. The fourth-order valence-electron chi connectivity index (χ4n) is 3.65. The molecule has 0 atom stereocenters. The largest absolute Gasteiger partial charge is 0.296 e. The van der Waals surface area contributed by atoms with Crippen molar-refractivity contribution in [2.75, 3.05) is 6.61 Å². The first kappa shape index (κ1) is 30.1. The number of unbranched alkanes of at least 4 members (excludes halogenated alkanes) is 16. The molecule has 0 saturated carbocycles. The Morgan fingerprint density at radius 1 is 0.600 bits per heavy atom. The Bertz CT molecular complexity index is 575. The van der Waals surface area contributed by atoms with Crippen LogP contribution < -0.4 is 0 Å². The predicted octanol–water partition coefficient (Wildman–Crippen LogP) is 7.66. The predicted molar refractivity (Wildman–Crippen MR) is 129 cm³/mol. The summed E-state index contributed by atoms with van der Waals surface area (Å²) in [6.07, 6.45) is 22.4. The molecule has 3 nitrogen and oxygen atoms in total. The molecule has 1 rings (SSSR count). The second-order valence-corrected chi connectivity index (χ2v) is 9.86. The zero-order valence-electron chi connectivity index (χ0n) is 19.7. The van der Waals surface area contributed by atoms with Crippen LogP contribution in [0.5, 0.6) is 0 Å². The zero-order chi connectivity index (χ0) is 21.0. The summed E-state index contributed by atoms with van der Waals surface area (Å²) in [5.74, 6) is 0. The van der Waals surface area contributed by atoms with E-state index in [2.05, 4.69) is 6.92 Å². The molecule has 0 fully saturated rings. The van der Waals surface area contributed by atoms with E-state index in [1.54, 1.807) is 30.3 Å². The maximum Gasteiger partial charge on any atom is 0.296 e. The molecule has 0 N–H and O–H groups in total. The first-order valence-corrected chi connectivity index (χ1v) is 13.5. The molecule has 30 heavy (non-hydrogen) atoms. The van der Waals surface area contributed by atoms with Crippen molar-refractivity contribution in [1.29, 1.82) is 0 Å². The van der Waals surface area contributed by atoms with E-state index in [4.69, 9.17) is 4.18 Å². The molecule has 1 radical (unpaired) electrons. The molecular formula is C25H44NaO3S. The summed E-state index contributed by atoms with van der Waals surface area (Å²) in [7, 11) is -3.58. The van der Waals surface area contributed by atoms with E-state index in [1.165, 1.54) is 96.3 Å². The van der Waals surface area contributed by atoms with E-state index in [9.17, 15) is 8.42 Å². The summed E-state index contributed by atoms with van der Waals surface area (Å²) >= 11 is 0. The monoisotopic (exact) mass is 447 g/mol. The zero-order valence-corrected chi connectivity index (χ0v) is 22.6. The van der Waals surface area contributed by atoms with Gasteiger partial charge >= 0.3 is 0 Å². The van der Waals surface area contributed by atoms with Crippen molar-refractivity contribution in [1.82, 2.24) is 0 Å². The van der Waals surface area contributed by atoms with Crippen molar-refractivity contribution in [3.05, 3.63) is 30.3 Å². The van der Waals surface area contributed by atoms with Crippen molar-refractivity contribution < 1.29 is 12.6 Å². The Morgan fingerprint density at radius 3 is 1.37 bits per heavy atom. The average molecular weight is 448 g/mol. The van der Waals surface area contributed by atoms with Gasteiger partial charge in [-0.3, -0.25) is 4.18 Å². The van der Waals surface area contributed by atoms with Crippen LogP contribution in [0.2, 0.25) is 0 Å². The van der Waals surface area contributed by atoms with Gasteiger partial charge in [-0.05, 0) is 18.6 Å². The second kappa shape index (κ2) is 21.0. The van der Waals surface area contributed by atoms with E-state index in [1.807, 2.05) is 0 Å². The molecule has 0 heterocycles. The molecule has 0 amide bonds. The van der Waals surface area contributed by atoms with Crippen LogP contribution >= 0.6 is 0 Å². The van der Waals surface area contributed by atoms with Crippen LogP contribution in [0.3, 0.4) is 0 Å². The van der Waals surface area contributed by atoms with Crippen molar-refractivity contribution in [3.8, 4) is 0 Å². The molecule has 0 aliphatic heterocycles. The van der Waals surface area contributed by atoms with Crippen LogP contribution in [0, 0.1) is 0 Å². The summed E-state index contributed by atoms with van der Waals surface area (Å²) in [6.45, 7) is 2.56. The normalized spacial score (nSPS) is 11.4. The van der Waals surface area contributed by atoms with E-state index in [-0.39, 0.29) is 41.1 Å². The molecule has 0 spiro atoms. The summed E-state index contributed by atoms with van der Waals surface area (Å²) in [5.41, 5.74) is 0. The minimum Gasteiger partial charge on any atom is -0.266 e. The summed E-state index contributed by atoms with van der Waals surface area (Å²) in [4.78, 5) is 0.243. The smallest absolute Gasteiger partial charge is 0.266 e. The molecule has 5 heteroatoms. The molecule has 0 saturated heterocycles. The Hall–Kier alpha value is 0.130. The van der Waals surface area contributed by atoms with Crippen molar-refractivity contribution in [2.45, 2.75) is 121 Å². The number of rotatable bonds is 20. The van der Waals surface area contributed by atoms with Crippen molar-refractivity contribution in [3.63, 3.8) is 0 Å². The molecule has 0 aliphatic rings. The first-order chi connectivity index (χ1) is 14.2. The van der Waals surface area contributed by atoms with Crippen LogP contribution in [0.4, 0.5) is 0 Å². The summed E-state index contributed by atoms with van der Waals surface area (Å²) < 4.78 is 29.1. The van der Waals surface area contributed by atoms with E-state index >= 15 is 0 Å². The van der Waals surface area contributed by atoms with Gasteiger partial charge in [-0.2, -0.15) is 8.42 Å². The SMILES string of the molecule is CCCCCCCCCCCCCCCCCCCOS(=O)(=O)c1ccccc1.[Na]. The number of hydrogen-bond acceptors (Lipinski definition) is 3. The van der Waals surface area contributed by atoms with Crippen LogP contribution in [-0.2, 0) is 14.3 Å². The molecule has 169 valence electrons. The van der Waals surface area contributed by atoms with Crippen LogP contribution in [0.25, 0.3) is 0 Å². The van der Waals surface area contributed by atoms with Crippen molar-refractivity contribution >= 4 is 39.7 Å². The molecule has 1 aromatic rings. The van der Waals surface area contributed by atoms with Gasteiger partial charge in [-0.25, -0.2) is 0 Å². The first-order valence-electron chi connectivity index (χ1n) is 12.1. The van der Waals surface area contributed by atoms with E-state index in [0.29, 0.717) is 0 Å². The Balaban J connectivity index is 0.00000841. The Morgan fingerprint density at radius 2 is 0.967 bits per heavy atom. The third-order valence-electron chi connectivity index (χ3n) is 5.52. The van der Waals surface area contributed by atoms with Gasteiger partial charge in [0, 0.05) is 29.6 Å². The van der Waals surface area contributed by atoms with Gasteiger partial charge in [0.25, 0.3) is 10.1 Å². The average Bonchev–Trinajstić information content (AvgIpc) is 2.73. The topological polar surface area (TPSA) is 43.4 Å². The molecule has 0 unspecified atom stereocenters. The third-order valence-corrected chi connectivity index (χ3v) is 6.84. The van der Waals surface area contributed by atoms with Gasteiger partial charge in [0.2, 0.25) is 0 Å². The third kappa shape index (κ3) is 16.8. The maximum absolute atomic E-state index is 12.0. The van der Waals surface area contributed by atoms with Crippen LogP contribution in [0.15, 0.2) is 35.2 Å². The van der Waals surface area contributed by atoms with Gasteiger partial charge in [0.1, 0.15) is 0 Å². The fourth-order valence-corrected chi connectivity index (χ4v) is 4.61. The maximum atomic E-state index is 12.0. The van der Waals surface area contributed by atoms with Gasteiger partial charge in [0.15, 0.2) is 0 Å². The van der Waals surface area contributed by atoms with E-state index < -0.39 is 10.1 Å². The van der Waals surface area contributed by atoms with Gasteiger partial charge in [0.05, 0.1) is 11.5 Å². The molecule has 0 bridgehead atoms. The standard InChI is InChI=1S/C25H44O3S.Na/c1-2-3-4-5-6-7-8-9-10-11-12-13-14-15-16-17-21-24-28-29(26,27)25-22-19-18-20-23-25;/h18-20,22-23H,2-17,21,24H2,1H3;. The van der Waals surface area contributed by atoms with Gasteiger partial charge < -0.3 is 0 Å². The second-order valence-electron chi connectivity index (χ2n) is 8.25. The molecule has 0 aliphatic carbocycles. The fraction of sp³-hybridized carbons (Fsp3) is 0.760. The molecule has 0 aromatic heterocycles. The van der Waals surface area contributed by atoms with Gasteiger partial charge in [-0.15, -0.1) is 0 Å². The van der Waals surface area contributed by atoms with Crippen LogP contribution in [-0.4, -0.2) is 44.6 Å². The molecular weight excluding hydrogens is 403 g/mol.